The van der Waals surface area contributed by atoms with Crippen molar-refractivity contribution in [1.29, 1.82) is 0 Å². The fraction of sp³-hybridized carbons (Fsp3) is 0.444. The van der Waals surface area contributed by atoms with Crippen LogP contribution in [-0.2, 0) is 14.3 Å². The molecule has 1 atom stereocenters. The van der Waals surface area contributed by atoms with Gasteiger partial charge in [0.15, 0.2) is 5.76 Å². The molecule has 1 unspecified atom stereocenters. The summed E-state index contributed by atoms with van der Waals surface area (Å²) in [7, 11) is 1.97. The predicted molar refractivity (Wildman–Crippen MR) is 46.2 cm³/mol. The quantitative estimate of drug-likeness (QED) is 0.777. The first-order chi connectivity index (χ1) is 7.26. The van der Waals surface area contributed by atoms with Crippen LogP contribution in [0.1, 0.15) is 0 Å². The van der Waals surface area contributed by atoms with Gasteiger partial charge >= 0.3 is 6.18 Å². The monoisotopic (exact) mass is 238 g/mol. The fourth-order valence-electron chi connectivity index (χ4n) is 1.23. The zero-order valence-corrected chi connectivity index (χ0v) is 8.46. The van der Waals surface area contributed by atoms with Gasteiger partial charge in [-0.05, 0) is 0 Å². The smallest absolute Gasteiger partial charge is 0.428 e. The van der Waals surface area contributed by atoms with Crippen molar-refractivity contribution in [1.82, 2.24) is 0 Å². The average Bonchev–Trinajstić information content (AvgIpc) is 2.19. The molecule has 0 aromatic carbocycles. The number of carbonyl (C=O) groups excluding carboxylic acids is 1. The lowest BCUT2D eigenvalue weighted by Crippen LogP contribution is -2.48. The van der Waals surface area contributed by atoms with E-state index in [0.717, 1.165) is 14.2 Å². The SMILES string of the molecule is COC1=CC(O)(C(F)(F)F)C(OC)=CC1=O. The number of allylic oxidation sites excluding steroid dienone is 1. The highest BCUT2D eigenvalue weighted by Gasteiger charge is 2.58. The Kier molecular flexibility index (Phi) is 3.00. The van der Waals surface area contributed by atoms with Crippen molar-refractivity contribution in [3.8, 4) is 0 Å². The first-order valence-electron chi connectivity index (χ1n) is 4.12. The molecular weight excluding hydrogens is 229 g/mol. The number of alkyl halides is 3. The van der Waals surface area contributed by atoms with Crippen LogP contribution in [0.5, 0.6) is 0 Å². The third-order valence-electron chi connectivity index (χ3n) is 2.09. The van der Waals surface area contributed by atoms with Crippen molar-refractivity contribution in [3.05, 3.63) is 23.7 Å². The van der Waals surface area contributed by atoms with Gasteiger partial charge in [-0.2, -0.15) is 13.2 Å². The maximum absolute atomic E-state index is 12.6. The topological polar surface area (TPSA) is 55.8 Å². The van der Waals surface area contributed by atoms with Gasteiger partial charge in [-0.15, -0.1) is 0 Å². The molecule has 0 saturated heterocycles. The second kappa shape index (κ2) is 3.82. The standard InChI is InChI=1S/C9H9F3O4/c1-15-6-4-8(14,9(10,11)12)7(16-2)3-5(6)13/h3-4,14H,1-2H3. The molecule has 0 aromatic rings. The van der Waals surface area contributed by atoms with E-state index in [2.05, 4.69) is 9.47 Å². The van der Waals surface area contributed by atoms with Crippen LogP contribution in [-0.4, -0.2) is 36.9 Å². The molecule has 1 rings (SSSR count). The van der Waals surface area contributed by atoms with E-state index in [1.54, 1.807) is 0 Å². The van der Waals surface area contributed by atoms with E-state index in [-0.39, 0.29) is 6.08 Å². The van der Waals surface area contributed by atoms with Gasteiger partial charge in [0.1, 0.15) is 5.76 Å². The first-order valence-corrected chi connectivity index (χ1v) is 4.12. The molecule has 4 nitrogen and oxygen atoms in total. The zero-order chi connectivity index (χ0) is 12.6. The van der Waals surface area contributed by atoms with Gasteiger partial charge in [-0.3, -0.25) is 4.79 Å². The van der Waals surface area contributed by atoms with Gasteiger partial charge in [0.25, 0.3) is 0 Å². The molecule has 1 aliphatic rings. The van der Waals surface area contributed by atoms with Crippen molar-refractivity contribution in [2.75, 3.05) is 14.2 Å². The Morgan fingerprint density at radius 2 is 1.88 bits per heavy atom. The molecular formula is C9H9F3O4. The van der Waals surface area contributed by atoms with Gasteiger partial charge in [0, 0.05) is 12.2 Å². The van der Waals surface area contributed by atoms with E-state index in [1.807, 2.05) is 0 Å². The lowest BCUT2D eigenvalue weighted by atomic mass is 9.93. The van der Waals surface area contributed by atoms with Crippen LogP contribution in [0.25, 0.3) is 0 Å². The summed E-state index contributed by atoms with van der Waals surface area (Å²) in [6.07, 6.45) is -4.17. The van der Waals surface area contributed by atoms with Gasteiger partial charge in [0.2, 0.25) is 11.4 Å². The van der Waals surface area contributed by atoms with Gasteiger partial charge < -0.3 is 14.6 Å². The van der Waals surface area contributed by atoms with Crippen molar-refractivity contribution < 1.29 is 32.5 Å². The highest BCUT2D eigenvalue weighted by Crippen LogP contribution is 2.40. The molecule has 0 radical (unpaired) electrons. The Balaban J connectivity index is 3.30. The number of carbonyl (C=O) groups is 1. The third kappa shape index (κ3) is 1.78. The maximum Gasteiger partial charge on any atom is 0.428 e. The molecule has 16 heavy (non-hydrogen) atoms. The van der Waals surface area contributed by atoms with Crippen molar-refractivity contribution in [2.45, 2.75) is 11.8 Å². The molecule has 0 fully saturated rings. The van der Waals surface area contributed by atoms with E-state index < -0.39 is 29.1 Å². The molecule has 0 aliphatic heterocycles. The van der Waals surface area contributed by atoms with Crippen molar-refractivity contribution >= 4 is 5.78 Å². The number of aliphatic hydroxyl groups is 1. The molecule has 7 heteroatoms. The number of hydrogen-bond acceptors (Lipinski definition) is 4. The minimum atomic E-state index is -5.00. The van der Waals surface area contributed by atoms with Crippen LogP contribution in [0, 0.1) is 0 Å². The van der Waals surface area contributed by atoms with E-state index in [4.69, 9.17) is 0 Å². The number of ether oxygens (including phenoxy) is 2. The largest absolute Gasteiger partial charge is 0.497 e. The zero-order valence-electron chi connectivity index (χ0n) is 8.46. The molecule has 0 spiro atoms. The van der Waals surface area contributed by atoms with Crippen LogP contribution in [0.4, 0.5) is 13.2 Å². The number of halogens is 3. The lowest BCUT2D eigenvalue weighted by molar-refractivity contribution is -0.236. The summed E-state index contributed by atoms with van der Waals surface area (Å²) in [5.74, 6) is -2.26. The second-order valence-electron chi connectivity index (χ2n) is 3.05. The van der Waals surface area contributed by atoms with Crippen LogP contribution >= 0.6 is 0 Å². The van der Waals surface area contributed by atoms with Gasteiger partial charge in [-0.1, -0.05) is 0 Å². The summed E-state index contributed by atoms with van der Waals surface area (Å²) in [5, 5.41) is 9.46. The molecule has 0 saturated carbocycles. The molecule has 1 N–H and O–H groups in total. The molecule has 1 aliphatic carbocycles. The molecule has 0 bridgehead atoms. The van der Waals surface area contributed by atoms with Crippen LogP contribution in [0.3, 0.4) is 0 Å². The van der Waals surface area contributed by atoms with Crippen molar-refractivity contribution in [2.24, 2.45) is 0 Å². The van der Waals surface area contributed by atoms with E-state index in [1.165, 1.54) is 0 Å². The third-order valence-corrected chi connectivity index (χ3v) is 2.09. The summed E-state index contributed by atoms with van der Waals surface area (Å²) in [4.78, 5) is 11.2. The molecule has 0 heterocycles. The molecule has 90 valence electrons. The van der Waals surface area contributed by atoms with Crippen LogP contribution in [0.2, 0.25) is 0 Å². The Morgan fingerprint density at radius 3 is 2.25 bits per heavy atom. The average molecular weight is 238 g/mol. The van der Waals surface area contributed by atoms with E-state index in [0.29, 0.717) is 6.08 Å². The number of methoxy groups -OCH3 is 2. The Hall–Kier alpha value is -1.50. The predicted octanol–water partition coefficient (Wildman–Crippen LogP) is 0.923. The normalized spacial score (nSPS) is 26.0. The highest BCUT2D eigenvalue weighted by atomic mass is 19.4. The number of rotatable bonds is 2. The minimum Gasteiger partial charge on any atom is -0.497 e. The Labute approximate surface area is 89.0 Å². The summed E-state index contributed by atoms with van der Waals surface area (Å²) in [6.45, 7) is 0. The molecule has 0 aromatic heterocycles. The first kappa shape index (κ1) is 12.6. The Morgan fingerprint density at radius 1 is 1.31 bits per heavy atom. The van der Waals surface area contributed by atoms with Gasteiger partial charge in [0.05, 0.1) is 14.2 Å². The van der Waals surface area contributed by atoms with Crippen LogP contribution < -0.4 is 0 Å². The number of hydrogen-bond donors (Lipinski definition) is 1. The Bertz CT molecular complexity index is 369. The van der Waals surface area contributed by atoms with E-state index in [9.17, 15) is 23.1 Å². The van der Waals surface area contributed by atoms with E-state index >= 15 is 0 Å². The maximum atomic E-state index is 12.6. The summed E-state index contributed by atoms with van der Waals surface area (Å²) in [6, 6.07) is 0. The highest BCUT2D eigenvalue weighted by molar-refractivity contribution is 6.04. The second-order valence-corrected chi connectivity index (χ2v) is 3.05. The summed E-state index contributed by atoms with van der Waals surface area (Å²) in [5.41, 5.74) is -3.33. The number of ketones is 1. The van der Waals surface area contributed by atoms with Crippen LogP contribution in [0.15, 0.2) is 23.7 Å². The minimum absolute atomic E-state index is 0.286. The summed E-state index contributed by atoms with van der Waals surface area (Å²) >= 11 is 0. The summed E-state index contributed by atoms with van der Waals surface area (Å²) < 4.78 is 46.7. The van der Waals surface area contributed by atoms with Gasteiger partial charge in [-0.25, -0.2) is 0 Å². The lowest BCUT2D eigenvalue weighted by Gasteiger charge is -2.31. The van der Waals surface area contributed by atoms with Crippen molar-refractivity contribution in [3.63, 3.8) is 0 Å². The molecule has 0 amide bonds. The fourth-order valence-corrected chi connectivity index (χ4v) is 1.23.